The van der Waals surface area contributed by atoms with Crippen molar-refractivity contribution in [1.82, 2.24) is 19.7 Å². The van der Waals surface area contributed by atoms with Crippen molar-refractivity contribution in [3.05, 3.63) is 34.0 Å². The van der Waals surface area contributed by atoms with Crippen molar-refractivity contribution in [3.8, 4) is 11.4 Å². The fourth-order valence-corrected chi connectivity index (χ4v) is 2.62. The summed E-state index contributed by atoms with van der Waals surface area (Å²) >= 11 is 0. The first-order valence-electron chi connectivity index (χ1n) is 7.30. The Balaban J connectivity index is 2.09. The van der Waals surface area contributed by atoms with Crippen molar-refractivity contribution in [3.63, 3.8) is 0 Å². The van der Waals surface area contributed by atoms with Gasteiger partial charge in [0, 0.05) is 35.9 Å². The fourth-order valence-electron chi connectivity index (χ4n) is 2.62. The first kappa shape index (κ1) is 14.0. The normalized spacial score (nSPS) is 18.6. The maximum Gasteiger partial charge on any atom is 0.248 e. The molecule has 1 saturated heterocycles. The Morgan fingerprint density at radius 3 is 2.86 bits per heavy atom. The van der Waals surface area contributed by atoms with Gasteiger partial charge in [0.2, 0.25) is 5.56 Å². The van der Waals surface area contributed by atoms with Gasteiger partial charge in [-0.25, -0.2) is 9.67 Å². The molecule has 6 nitrogen and oxygen atoms in total. The van der Waals surface area contributed by atoms with Crippen LogP contribution in [0.5, 0.6) is 0 Å². The Bertz CT molecular complexity index is 696. The molecule has 2 aromatic heterocycles. The van der Waals surface area contributed by atoms with E-state index in [9.17, 15) is 4.79 Å². The number of nitrogens with zero attached hydrogens (tertiary/aromatic N) is 3. The zero-order valence-corrected chi connectivity index (χ0v) is 12.6. The Morgan fingerprint density at radius 1 is 1.43 bits per heavy atom. The first-order chi connectivity index (χ1) is 10.0. The van der Waals surface area contributed by atoms with E-state index >= 15 is 0 Å². The van der Waals surface area contributed by atoms with Gasteiger partial charge >= 0.3 is 0 Å². The molecule has 0 amide bonds. The van der Waals surface area contributed by atoms with E-state index in [1.54, 1.807) is 6.07 Å². The van der Waals surface area contributed by atoms with Crippen LogP contribution in [-0.4, -0.2) is 33.0 Å². The highest BCUT2D eigenvalue weighted by Crippen LogP contribution is 2.27. The Morgan fingerprint density at radius 2 is 2.24 bits per heavy atom. The van der Waals surface area contributed by atoms with Crippen molar-refractivity contribution in [2.75, 3.05) is 13.2 Å². The molecule has 2 aromatic rings. The van der Waals surface area contributed by atoms with E-state index in [2.05, 4.69) is 28.9 Å². The smallest absolute Gasteiger partial charge is 0.248 e. The van der Waals surface area contributed by atoms with Gasteiger partial charge in [0.25, 0.3) is 0 Å². The molecule has 1 fully saturated rings. The summed E-state index contributed by atoms with van der Waals surface area (Å²) in [5.41, 5.74) is 1.51. The molecule has 1 N–H and O–H groups in total. The van der Waals surface area contributed by atoms with Gasteiger partial charge in [-0.3, -0.25) is 4.79 Å². The maximum atomic E-state index is 11.7. The molecule has 6 heteroatoms. The summed E-state index contributed by atoms with van der Waals surface area (Å²) < 4.78 is 7.31. The fraction of sp³-hybridized carbons (Fsp3) is 0.533. The lowest BCUT2D eigenvalue weighted by atomic mass is 10.1. The quantitative estimate of drug-likeness (QED) is 0.938. The minimum absolute atomic E-state index is 0.117. The highest BCUT2D eigenvalue weighted by Gasteiger charge is 2.24. The molecule has 3 rings (SSSR count). The number of ether oxygens (including phenoxy) is 1. The number of aromatic amines is 1. The third-order valence-corrected chi connectivity index (χ3v) is 3.67. The van der Waals surface area contributed by atoms with Crippen LogP contribution < -0.4 is 5.56 Å². The van der Waals surface area contributed by atoms with Crippen LogP contribution in [0.3, 0.4) is 0 Å². The molecule has 0 saturated carbocycles. The van der Waals surface area contributed by atoms with E-state index in [1.807, 2.05) is 17.7 Å². The third kappa shape index (κ3) is 2.76. The second kappa shape index (κ2) is 5.44. The van der Waals surface area contributed by atoms with Crippen LogP contribution in [0, 0.1) is 6.92 Å². The summed E-state index contributed by atoms with van der Waals surface area (Å²) in [6, 6.07) is 3.69. The summed E-state index contributed by atoms with van der Waals surface area (Å²) in [6.45, 7) is 7.43. The number of aromatic nitrogens is 4. The molecule has 1 aliphatic rings. The third-order valence-electron chi connectivity index (χ3n) is 3.67. The number of aryl methyl sites for hydroxylation is 1. The van der Waals surface area contributed by atoms with E-state index in [4.69, 9.17) is 4.74 Å². The lowest BCUT2D eigenvalue weighted by Crippen LogP contribution is -2.10. The van der Waals surface area contributed by atoms with Gasteiger partial charge in [0.05, 0.1) is 6.61 Å². The van der Waals surface area contributed by atoms with Gasteiger partial charge in [-0.15, -0.1) is 0 Å². The number of nitrogens with one attached hydrogen (secondary N) is 1. The Kier molecular flexibility index (Phi) is 3.63. The second-order valence-corrected chi connectivity index (χ2v) is 5.81. The molecule has 0 aromatic carbocycles. The highest BCUT2D eigenvalue weighted by atomic mass is 16.5. The highest BCUT2D eigenvalue weighted by molar-refractivity contribution is 5.55. The topological polar surface area (TPSA) is 72.8 Å². The predicted molar refractivity (Wildman–Crippen MR) is 79.4 cm³/mol. The molecule has 0 aliphatic carbocycles. The Hall–Kier alpha value is -1.95. The summed E-state index contributed by atoms with van der Waals surface area (Å²) in [4.78, 5) is 19.1. The predicted octanol–water partition coefficient (Wildman–Crippen LogP) is 2.03. The number of hydrogen-bond acceptors (Lipinski definition) is 4. The van der Waals surface area contributed by atoms with E-state index in [-0.39, 0.29) is 17.5 Å². The van der Waals surface area contributed by atoms with Gasteiger partial charge < -0.3 is 9.72 Å². The van der Waals surface area contributed by atoms with E-state index in [0.29, 0.717) is 6.61 Å². The minimum Gasteiger partial charge on any atom is -0.381 e. The van der Waals surface area contributed by atoms with Gasteiger partial charge in [-0.1, -0.05) is 0 Å². The van der Waals surface area contributed by atoms with E-state index < -0.39 is 0 Å². The van der Waals surface area contributed by atoms with Crippen LogP contribution in [0.4, 0.5) is 0 Å². The van der Waals surface area contributed by atoms with Gasteiger partial charge in [0.1, 0.15) is 0 Å². The van der Waals surface area contributed by atoms with Gasteiger partial charge in [-0.2, -0.15) is 5.10 Å². The maximum absolute atomic E-state index is 11.7. The van der Waals surface area contributed by atoms with Crippen LogP contribution in [0.15, 0.2) is 16.9 Å². The van der Waals surface area contributed by atoms with Crippen molar-refractivity contribution in [2.45, 2.75) is 39.2 Å². The van der Waals surface area contributed by atoms with Crippen molar-refractivity contribution >= 4 is 0 Å². The molecular weight excluding hydrogens is 268 g/mol. The Labute approximate surface area is 123 Å². The molecule has 0 bridgehead atoms. The van der Waals surface area contributed by atoms with E-state index in [1.165, 1.54) is 0 Å². The average molecular weight is 288 g/mol. The molecule has 21 heavy (non-hydrogen) atoms. The summed E-state index contributed by atoms with van der Waals surface area (Å²) in [5, 5.41) is 4.64. The monoisotopic (exact) mass is 288 g/mol. The lowest BCUT2D eigenvalue weighted by Gasteiger charge is -2.09. The average Bonchev–Trinajstić information content (AvgIpc) is 3.06. The molecular formula is C15H20N4O2. The molecule has 0 radical (unpaired) electrons. The van der Waals surface area contributed by atoms with Crippen LogP contribution in [0.25, 0.3) is 11.4 Å². The molecule has 1 atom stereocenters. The minimum atomic E-state index is -0.117. The second-order valence-electron chi connectivity index (χ2n) is 5.81. The van der Waals surface area contributed by atoms with E-state index in [0.717, 1.165) is 35.9 Å². The van der Waals surface area contributed by atoms with Crippen molar-refractivity contribution in [1.29, 1.82) is 0 Å². The van der Waals surface area contributed by atoms with Crippen LogP contribution in [-0.2, 0) is 4.74 Å². The number of H-pyrrole nitrogens is 1. The lowest BCUT2D eigenvalue weighted by molar-refractivity contribution is 0.193. The van der Waals surface area contributed by atoms with Crippen LogP contribution >= 0.6 is 0 Å². The van der Waals surface area contributed by atoms with Crippen LogP contribution in [0.2, 0.25) is 0 Å². The largest absolute Gasteiger partial charge is 0.381 e. The summed E-state index contributed by atoms with van der Waals surface area (Å²) in [7, 11) is 0. The number of pyridine rings is 1. The standard InChI is InChI=1S/C15H20N4O2/c1-9(2)19-15(12-6-10(3)16-13(20)7-12)17-14(18-19)11-4-5-21-8-11/h6-7,9,11H,4-5,8H2,1-3H3,(H,16,20)/t11-/m0/s1. The zero-order valence-electron chi connectivity index (χ0n) is 12.6. The first-order valence-corrected chi connectivity index (χ1v) is 7.30. The summed E-state index contributed by atoms with van der Waals surface area (Å²) in [6.07, 6.45) is 0.954. The van der Waals surface area contributed by atoms with Gasteiger partial charge in [-0.05, 0) is 33.3 Å². The molecule has 0 spiro atoms. The SMILES string of the molecule is Cc1cc(-c2nc([C@H]3CCOC3)nn2C(C)C)cc(=O)[nH]1. The molecule has 1 aliphatic heterocycles. The molecule has 3 heterocycles. The summed E-state index contributed by atoms with van der Waals surface area (Å²) in [5.74, 6) is 1.82. The molecule has 0 unspecified atom stereocenters. The van der Waals surface area contributed by atoms with Gasteiger partial charge in [0.15, 0.2) is 11.6 Å². The number of rotatable bonds is 3. The van der Waals surface area contributed by atoms with Crippen LogP contribution in [0.1, 0.15) is 43.7 Å². The number of hydrogen-bond donors (Lipinski definition) is 1. The van der Waals surface area contributed by atoms with Crippen molar-refractivity contribution < 1.29 is 4.74 Å². The zero-order chi connectivity index (χ0) is 15.0. The molecule has 112 valence electrons. The van der Waals surface area contributed by atoms with Crippen molar-refractivity contribution in [2.24, 2.45) is 0 Å².